The fourth-order valence-electron chi connectivity index (χ4n) is 6.15. The first kappa shape index (κ1) is 22.4. The van der Waals surface area contributed by atoms with Crippen LogP contribution in [-0.2, 0) is 0 Å². The molecule has 40 heavy (non-hydrogen) atoms. The van der Waals surface area contributed by atoms with Crippen LogP contribution in [-0.4, -0.2) is 9.13 Å². The van der Waals surface area contributed by atoms with Crippen molar-refractivity contribution in [3.05, 3.63) is 145 Å². The molecule has 0 amide bonds. The highest BCUT2D eigenvalue weighted by Crippen LogP contribution is 2.37. The SMILES string of the molecule is N#Cc1ccc2c3ccc(-n4c5ccccc5c5ccccc54)cc3n(-c3cccc(-c4ccccc4)c3)c2c1. The van der Waals surface area contributed by atoms with Crippen LogP contribution < -0.4 is 0 Å². The summed E-state index contributed by atoms with van der Waals surface area (Å²) in [6.45, 7) is 0. The molecule has 0 bridgehead atoms. The zero-order chi connectivity index (χ0) is 26.6. The van der Waals surface area contributed by atoms with E-state index in [1.54, 1.807) is 0 Å². The standard InChI is InChI=1S/C37H23N3/c38-24-25-17-19-32-33-20-18-29(39-34-15-6-4-13-30(34)31-14-5-7-16-35(31)39)23-37(33)40(36(32)21-25)28-12-8-11-27(22-28)26-9-2-1-3-10-26/h1-23H. The van der Waals surface area contributed by atoms with Crippen LogP contribution >= 0.6 is 0 Å². The van der Waals surface area contributed by atoms with Gasteiger partial charge in [-0.3, -0.25) is 0 Å². The summed E-state index contributed by atoms with van der Waals surface area (Å²) in [6.07, 6.45) is 0. The third-order valence-electron chi connectivity index (χ3n) is 7.93. The summed E-state index contributed by atoms with van der Waals surface area (Å²) in [5.41, 5.74) is 9.65. The van der Waals surface area contributed by atoms with E-state index >= 15 is 0 Å². The fourth-order valence-corrected chi connectivity index (χ4v) is 6.15. The minimum Gasteiger partial charge on any atom is -0.309 e. The van der Waals surface area contributed by atoms with Crippen molar-refractivity contribution >= 4 is 43.6 Å². The lowest BCUT2D eigenvalue weighted by atomic mass is 10.1. The van der Waals surface area contributed by atoms with Crippen molar-refractivity contribution in [3.8, 4) is 28.6 Å². The van der Waals surface area contributed by atoms with Crippen LogP contribution in [0.5, 0.6) is 0 Å². The Kier molecular flexibility index (Phi) is 4.89. The minimum absolute atomic E-state index is 0.651. The summed E-state index contributed by atoms with van der Waals surface area (Å²) >= 11 is 0. The van der Waals surface area contributed by atoms with Crippen molar-refractivity contribution in [2.75, 3.05) is 0 Å². The highest BCUT2D eigenvalue weighted by atomic mass is 15.0. The van der Waals surface area contributed by atoms with Gasteiger partial charge in [0, 0.05) is 32.9 Å². The molecule has 0 fully saturated rings. The normalized spacial score (nSPS) is 11.5. The summed E-state index contributed by atoms with van der Waals surface area (Å²) in [4.78, 5) is 0. The van der Waals surface area contributed by atoms with Gasteiger partial charge < -0.3 is 9.13 Å². The predicted octanol–water partition coefficient (Wildman–Crippen LogP) is 9.42. The molecule has 186 valence electrons. The van der Waals surface area contributed by atoms with Gasteiger partial charge in [0.15, 0.2) is 0 Å². The third-order valence-corrected chi connectivity index (χ3v) is 7.93. The first-order valence-corrected chi connectivity index (χ1v) is 13.4. The second-order valence-electron chi connectivity index (χ2n) is 10.2. The molecule has 0 radical (unpaired) electrons. The van der Waals surface area contributed by atoms with E-state index in [1.165, 1.54) is 27.4 Å². The van der Waals surface area contributed by atoms with Crippen LogP contribution in [0.1, 0.15) is 5.56 Å². The lowest BCUT2D eigenvalue weighted by molar-refractivity contribution is 1.15. The number of nitrogens with zero attached hydrogens (tertiary/aromatic N) is 3. The van der Waals surface area contributed by atoms with Crippen LogP contribution in [0, 0.1) is 11.3 Å². The van der Waals surface area contributed by atoms with Gasteiger partial charge in [-0.25, -0.2) is 0 Å². The Balaban J connectivity index is 1.45. The fraction of sp³-hybridized carbons (Fsp3) is 0. The lowest BCUT2D eigenvalue weighted by Crippen LogP contribution is -1.97. The van der Waals surface area contributed by atoms with Crippen molar-refractivity contribution in [3.63, 3.8) is 0 Å². The van der Waals surface area contributed by atoms with Gasteiger partial charge in [-0.1, -0.05) is 91.0 Å². The molecule has 6 aromatic carbocycles. The Labute approximate surface area is 231 Å². The van der Waals surface area contributed by atoms with Crippen LogP contribution in [0.3, 0.4) is 0 Å². The number of hydrogen-bond acceptors (Lipinski definition) is 1. The molecule has 0 atom stereocenters. The van der Waals surface area contributed by atoms with Gasteiger partial charge in [0.2, 0.25) is 0 Å². The van der Waals surface area contributed by atoms with E-state index in [9.17, 15) is 5.26 Å². The summed E-state index contributed by atoms with van der Waals surface area (Å²) in [7, 11) is 0. The van der Waals surface area contributed by atoms with Gasteiger partial charge in [-0.05, 0) is 59.7 Å². The molecule has 0 unspecified atom stereocenters. The maximum absolute atomic E-state index is 9.73. The van der Waals surface area contributed by atoms with Crippen LogP contribution in [0.2, 0.25) is 0 Å². The monoisotopic (exact) mass is 509 g/mol. The maximum atomic E-state index is 9.73. The van der Waals surface area contributed by atoms with E-state index < -0.39 is 0 Å². The highest BCUT2D eigenvalue weighted by Gasteiger charge is 2.17. The van der Waals surface area contributed by atoms with E-state index in [0.717, 1.165) is 38.7 Å². The quantitative estimate of drug-likeness (QED) is 0.233. The average molecular weight is 510 g/mol. The molecule has 3 heteroatoms. The number of fused-ring (bicyclic) bond motifs is 6. The van der Waals surface area contributed by atoms with Gasteiger partial charge in [0.25, 0.3) is 0 Å². The third kappa shape index (κ3) is 3.30. The molecule has 0 saturated carbocycles. The second-order valence-corrected chi connectivity index (χ2v) is 10.2. The predicted molar refractivity (Wildman–Crippen MR) is 165 cm³/mol. The smallest absolute Gasteiger partial charge is 0.0992 e. The Morgan fingerprint density at radius 2 is 0.950 bits per heavy atom. The maximum Gasteiger partial charge on any atom is 0.0992 e. The molecule has 0 aliphatic heterocycles. The van der Waals surface area contributed by atoms with Gasteiger partial charge in [0.1, 0.15) is 0 Å². The Morgan fingerprint density at radius 1 is 0.400 bits per heavy atom. The average Bonchev–Trinajstić information content (AvgIpc) is 3.53. The van der Waals surface area contributed by atoms with Gasteiger partial charge in [-0.2, -0.15) is 5.26 Å². The zero-order valence-corrected chi connectivity index (χ0v) is 21.6. The van der Waals surface area contributed by atoms with E-state index in [1.807, 2.05) is 18.2 Å². The van der Waals surface area contributed by atoms with Crippen molar-refractivity contribution in [2.24, 2.45) is 0 Å². The first-order valence-electron chi connectivity index (χ1n) is 13.4. The Bertz CT molecular complexity index is 2220. The molecule has 8 rings (SSSR count). The molecule has 3 nitrogen and oxygen atoms in total. The summed E-state index contributed by atoms with van der Waals surface area (Å²) in [5.74, 6) is 0. The topological polar surface area (TPSA) is 33.6 Å². The van der Waals surface area contributed by atoms with Gasteiger partial charge in [-0.15, -0.1) is 0 Å². The molecule has 2 aromatic heterocycles. The van der Waals surface area contributed by atoms with Crippen molar-refractivity contribution < 1.29 is 0 Å². The summed E-state index contributed by atoms with van der Waals surface area (Å²) in [5, 5.41) is 14.5. The number of benzene rings is 6. The second kappa shape index (κ2) is 8.73. The van der Waals surface area contributed by atoms with E-state index in [2.05, 4.69) is 137 Å². The lowest BCUT2D eigenvalue weighted by Gasteiger charge is -2.12. The van der Waals surface area contributed by atoms with Crippen LogP contribution in [0.15, 0.2) is 140 Å². The molecule has 8 aromatic rings. The van der Waals surface area contributed by atoms with Crippen molar-refractivity contribution in [1.29, 1.82) is 5.26 Å². The van der Waals surface area contributed by atoms with Gasteiger partial charge >= 0.3 is 0 Å². The molecule has 0 aliphatic carbocycles. The molecule has 0 saturated heterocycles. The molecule has 0 aliphatic rings. The van der Waals surface area contributed by atoms with E-state index in [0.29, 0.717) is 5.56 Å². The number of hydrogen-bond donors (Lipinski definition) is 0. The van der Waals surface area contributed by atoms with Crippen molar-refractivity contribution in [1.82, 2.24) is 9.13 Å². The Morgan fingerprint density at radius 3 is 1.68 bits per heavy atom. The summed E-state index contributed by atoms with van der Waals surface area (Å²) < 4.78 is 4.66. The van der Waals surface area contributed by atoms with E-state index in [4.69, 9.17) is 0 Å². The van der Waals surface area contributed by atoms with Crippen molar-refractivity contribution in [2.45, 2.75) is 0 Å². The van der Waals surface area contributed by atoms with E-state index in [-0.39, 0.29) is 0 Å². The number of para-hydroxylation sites is 2. The minimum atomic E-state index is 0.651. The number of rotatable bonds is 3. The molecular weight excluding hydrogens is 486 g/mol. The molecule has 0 spiro atoms. The van der Waals surface area contributed by atoms with Crippen LogP contribution in [0.4, 0.5) is 0 Å². The molecule has 2 heterocycles. The largest absolute Gasteiger partial charge is 0.309 e. The summed E-state index contributed by atoms with van der Waals surface area (Å²) in [6, 6.07) is 51.3. The molecule has 0 N–H and O–H groups in total. The zero-order valence-electron chi connectivity index (χ0n) is 21.6. The number of aromatic nitrogens is 2. The first-order chi connectivity index (χ1) is 19.8. The number of nitriles is 1. The van der Waals surface area contributed by atoms with Crippen LogP contribution in [0.25, 0.3) is 66.1 Å². The Hall–Kier alpha value is -5.59. The molecular formula is C37H23N3. The highest BCUT2D eigenvalue weighted by molar-refractivity contribution is 6.12. The van der Waals surface area contributed by atoms with Gasteiger partial charge in [0.05, 0.1) is 33.7 Å².